The maximum atomic E-state index is 13.0. The monoisotopic (exact) mass is 360 g/mol. The topological polar surface area (TPSA) is 42.0 Å². The van der Waals surface area contributed by atoms with E-state index in [0.29, 0.717) is 6.04 Å². The highest BCUT2D eigenvalue weighted by Crippen LogP contribution is 2.36. The molecule has 1 fully saturated rings. The van der Waals surface area contributed by atoms with E-state index in [4.69, 9.17) is 4.98 Å². The van der Waals surface area contributed by atoms with E-state index in [9.17, 15) is 4.79 Å². The Balaban J connectivity index is 1.71. The standard InChI is InChI=1S/C22H20N2OS/c25-22(23-15-10-11-15)20-17-7-1-2-9-19(17)24-21-14(5-3-8-18(20)21)13-16-6-4-12-26-16/h1-2,4,6-7,9,12-13,15H,3,5,8,10-11H2,(H,23,25). The first-order valence-corrected chi connectivity index (χ1v) is 10.1. The number of aromatic nitrogens is 1. The van der Waals surface area contributed by atoms with E-state index >= 15 is 0 Å². The molecule has 0 radical (unpaired) electrons. The molecule has 3 nitrogen and oxygen atoms in total. The number of benzene rings is 1. The van der Waals surface area contributed by atoms with Crippen LogP contribution in [0.2, 0.25) is 0 Å². The highest BCUT2D eigenvalue weighted by molar-refractivity contribution is 7.10. The number of nitrogens with zero attached hydrogens (tertiary/aromatic N) is 1. The van der Waals surface area contributed by atoms with Crippen molar-refractivity contribution >= 4 is 39.8 Å². The van der Waals surface area contributed by atoms with Crippen molar-refractivity contribution in [1.82, 2.24) is 10.3 Å². The van der Waals surface area contributed by atoms with Gasteiger partial charge in [0.1, 0.15) is 0 Å². The lowest BCUT2D eigenvalue weighted by molar-refractivity contribution is 0.0951. The summed E-state index contributed by atoms with van der Waals surface area (Å²) in [4.78, 5) is 19.3. The molecule has 1 aromatic carbocycles. The number of rotatable bonds is 3. The molecule has 2 aromatic heterocycles. The maximum Gasteiger partial charge on any atom is 0.252 e. The van der Waals surface area contributed by atoms with E-state index < -0.39 is 0 Å². The summed E-state index contributed by atoms with van der Waals surface area (Å²) in [7, 11) is 0. The Morgan fingerprint density at radius 2 is 2.04 bits per heavy atom. The van der Waals surface area contributed by atoms with E-state index in [0.717, 1.165) is 59.8 Å². The smallest absolute Gasteiger partial charge is 0.252 e. The lowest BCUT2D eigenvalue weighted by atomic mass is 9.86. The average molecular weight is 360 g/mol. The van der Waals surface area contributed by atoms with Crippen LogP contribution in [-0.2, 0) is 6.42 Å². The first kappa shape index (κ1) is 15.8. The van der Waals surface area contributed by atoms with Crippen LogP contribution in [0, 0.1) is 0 Å². The minimum Gasteiger partial charge on any atom is -0.349 e. The Morgan fingerprint density at radius 3 is 2.85 bits per heavy atom. The minimum absolute atomic E-state index is 0.0692. The second-order valence-corrected chi connectivity index (χ2v) is 8.10. The second-order valence-electron chi connectivity index (χ2n) is 7.12. The van der Waals surface area contributed by atoms with Gasteiger partial charge in [-0.15, -0.1) is 11.3 Å². The molecule has 2 heterocycles. The number of thiophene rings is 1. The lowest BCUT2D eigenvalue weighted by Gasteiger charge is -2.22. The normalized spacial score (nSPS) is 18.1. The van der Waals surface area contributed by atoms with Crippen molar-refractivity contribution in [2.24, 2.45) is 0 Å². The summed E-state index contributed by atoms with van der Waals surface area (Å²) in [5.41, 5.74) is 5.14. The predicted molar refractivity (Wildman–Crippen MR) is 107 cm³/mol. The third-order valence-corrected chi connectivity index (χ3v) is 5.99. The molecule has 0 saturated heterocycles. The molecule has 0 spiro atoms. The van der Waals surface area contributed by atoms with Crippen molar-refractivity contribution in [2.45, 2.75) is 38.1 Å². The molecular weight excluding hydrogens is 340 g/mol. The summed E-state index contributed by atoms with van der Waals surface area (Å²) in [6.45, 7) is 0. The fraction of sp³-hybridized carbons (Fsp3) is 0.273. The highest BCUT2D eigenvalue weighted by atomic mass is 32.1. The van der Waals surface area contributed by atoms with Crippen molar-refractivity contribution in [2.75, 3.05) is 0 Å². The number of hydrogen-bond acceptors (Lipinski definition) is 3. The number of hydrogen-bond donors (Lipinski definition) is 1. The van der Waals surface area contributed by atoms with Crippen molar-refractivity contribution in [3.8, 4) is 0 Å². The number of carbonyl (C=O) groups is 1. The highest BCUT2D eigenvalue weighted by Gasteiger charge is 2.29. The molecule has 0 atom stereocenters. The quantitative estimate of drug-likeness (QED) is 0.709. The van der Waals surface area contributed by atoms with E-state index in [-0.39, 0.29) is 5.91 Å². The zero-order chi connectivity index (χ0) is 17.5. The summed E-state index contributed by atoms with van der Waals surface area (Å²) in [6.07, 6.45) is 7.43. The van der Waals surface area contributed by atoms with Gasteiger partial charge >= 0.3 is 0 Å². The van der Waals surface area contributed by atoms with E-state index in [1.54, 1.807) is 11.3 Å². The maximum absolute atomic E-state index is 13.0. The zero-order valence-corrected chi connectivity index (χ0v) is 15.3. The number of para-hydroxylation sites is 1. The summed E-state index contributed by atoms with van der Waals surface area (Å²) in [6, 6.07) is 12.6. The third kappa shape index (κ3) is 2.84. The van der Waals surface area contributed by atoms with E-state index in [1.165, 1.54) is 10.5 Å². The molecule has 5 rings (SSSR count). The van der Waals surface area contributed by atoms with Gasteiger partial charge in [-0.2, -0.15) is 0 Å². The van der Waals surface area contributed by atoms with Gasteiger partial charge in [0.05, 0.1) is 16.8 Å². The largest absolute Gasteiger partial charge is 0.349 e. The lowest BCUT2D eigenvalue weighted by Crippen LogP contribution is -2.28. The molecule has 2 aliphatic carbocycles. The molecule has 3 aromatic rings. The van der Waals surface area contributed by atoms with Gasteiger partial charge in [0, 0.05) is 16.3 Å². The van der Waals surface area contributed by atoms with Crippen LogP contribution in [0.3, 0.4) is 0 Å². The Labute approximate surface area is 156 Å². The molecule has 2 aliphatic rings. The van der Waals surface area contributed by atoms with Gasteiger partial charge in [0.2, 0.25) is 0 Å². The van der Waals surface area contributed by atoms with Gasteiger partial charge < -0.3 is 5.32 Å². The Kier molecular flexibility index (Phi) is 3.86. The number of amides is 1. The molecule has 0 unspecified atom stereocenters. The fourth-order valence-electron chi connectivity index (χ4n) is 3.76. The Hall–Kier alpha value is -2.46. The average Bonchev–Trinajstić information content (AvgIpc) is 3.32. The van der Waals surface area contributed by atoms with Crippen LogP contribution >= 0.6 is 11.3 Å². The Bertz CT molecular complexity index is 1020. The number of pyridine rings is 1. The molecule has 1 amide bonds. The molecule has 4 heteroatoms. The second kappa shape index (κ2) is 6.36. The van der Waals surface area contributed by atoms with Gasteiger partial charge in [-0.25, -0.2) is 4.98 Å². The van der Waals surface area contributed by atoms with Crippen LogP contribution in [0.5, 0.6) is 0 Å². The first-order valence-electron chi connectivity index (χ1n) is 9.26. The summed E-state index contributed by atoms with van der Waals surface area (Å²) in [5.74, 6) is 0.0692. The molecule has 1 saturated carbocycles. The van der Waals surface area contributed by atoms with Crippen LogP contribution in [0.1, 0.15) is 52.2 Å². The molecule has 1 N–H and O–H groups in total. The molecular formula is C22H20N2OS. The van der Waals surface area contributed by atoms with Crippen LogP contribution in [0.25, 0.3) is 22.6 Å². The summed E-state index contributed by atoms with van der Waals surface area (Å²) in [5, 5.41) is 6.26. The van der Waals surface area contributed by atoms with Gasteiger partial charge in [0.15, 0.2) is 0 Å². The molecule has 0 aliphatic heterocycles. The predicted octanol–water partition coefficient (Wildman–Crippen LogP) is 5.07. The third-order valence-electron chi connectivity index (χ3n) is 5.17. The number of allylic oxidation sites excluding steroid dienone is 1. The summed E-state index contributed by atoms with van der Waals surface area (Å²) < 4.78 is 0. The number of carbonyl (C=O) groups excluding carboxylic acids is 1. The van der Waals surface area contributed by atoms with Gasteiger partial charge in [-0.3, -0.25) is 4.79 Å². The molecule has 130 valence electrons. The SMILES string of the molecule is O=C(NC1CC1)c1c2c(nc3ccccc13)C(=Cc1cccs1)CCC2. The van der Waals surface area contributed by atoms with Gasteiger partial charge in [-0.1, -0.05) is 24.3 Å². The van der Waals surface area contributed by atoms with Crippen LogP contribution in [0.4, 0.5) is 0 Å². The first-order chi connectivity index (χ1) is 12.8. The molecule has 26 heavy (non-hydrogen) atoms. The van der Waals surface area contributed by atoms with Crippen LogP contribution in [0.15, 0.2) is 41.8 Å². The fourth-order valence-corrected chi connectivity index (χ4v) is 4.45. The van der Waals surface area contributed by atoms with E-state index in [1.807, 2.05) is 24.3 Å². The van der Waals surface area contributed by atoms with Crippen molar-refractivity contribution < 1.29 is 4.79 Å². The van der Waals surface area contributed by atoms with Crippen LogP contribution in [-0.4, -0.2) is 16.9 Å². The minimum atomic E-state index is 0.0692. The van der Waals surface area contributed by atoms with E-state index in [2.05, 4.69) is 28.9 Å². The van der Waals surface area contributed by atoms with Gasteiger partial charge in [0.25, 0.3) is 5.91 Å². The Morgan fingerprint density at radius 1 is 1.15 bits per heavy atom. The number of nitrogens with one attached hydrogen (secondary N) is 1. The van der Waals surface area contributed by atoms with Gasteiger partial charge in [-0.05, 0) is 66.8 Å². The summed E-state index contributed by atoms with van der Waals surface area (Å²) >= 11 is 1.74. The number of fused-ring (bicyclic) bond motifs is 2. The van der Waals surface area contributed by atoms with Crippen LogP contribution < -0.4 is 5.32 Å². The zero-order valence-electron chi connectivity index (χ0n) is 14.5. The van der Waals surface area contributed by atoms with Crippen molar-refractivity contribution in [3.63, 3.8) is 0 Å². The molecule has 0 bridgehead atoms. The van der Waals surface area contributed by atoms with Crippen molar-refractivity contribution in [1.29, 1.82) is 0 Å². The van der Waals surface area contributed by atoms with Crippen molar-refractivity contribution in [3.05, 3.63) is 63.5 Å².